The number of aromatic amines is 3. The molecule has 3 aromatic rings. The van der Waals surface area contributed by atoms with Crippen molar-refractivity contribution in [3.8, 4) is 0 Å². The summed E-state index contributed by atoms with van der Waals surface area (Å²) in [5, 5.41) is 23.2. The number of unbranched alkanes of at least 4 members (excludes halogenated alkanes) is 3. The molecule has 3 rings (SSSR count). The molecule has 5 amide bonds. The van der Waals surface area contributed by atoms with Gasteiger partial charge in [0.25, 0.3) is 0 Å². The van der Waals surface area contributed by atoms with Crippen molar-refractivity contribution < 1.29 is 33.9 Å². The molecule has 22 heteroatoms. The number of hydrogen-bond acceptors (Lipinski definition) is 13. The third kappa shape index (κ3) is 16.4. The smallest absolute Gasteiger partial charge is 0.326 e. The van der Waals surface area contributed by atoms with Gasteiger partial charge in [0.2, 0.25) is 29.5 Å². The lowest BCUT2D eigenvalue weighted by Crippen LogP contribution is -2.60. The highest BCUT2D eigenvalue weighted by Gasteiger charge is 2.33. The van der Waals surface area contributed by atoms with E-state index in [-0.39, 0.29) is 32.1 Å². The largest absolute Gasteiger partial charge is 0.480 e. The molecule has 0 bridgehead atoms. The number of aromatic nitrogens is 6. The summed E-state index contributed by atoms with van der Waals surface area (Å²) in [5.41, 5.74) is 24.6. The van der Waals surface area contributed by atoms with Crippen molar-refractivity contribution in [1.29, 1.82) is 0 Å². The SMILES string of the molecule is NCCCCC(N)C(=O)NC(Cc1cnc[nH]1)C(=O)NC(CCCCN)C(=O)NC(Cc1cnc[nH]1)C(=O)NC(CCCCN)C(=O)NC(Cc1cnc[nH]1)C(=O)O. The zero-order valence-corrected chi connectivity index (χ0v) is 32.6. The molecule has 22 nitrogen and oxygen atoms in total. The second-order valence-corrected chi connectivity index (χ2v) is 13.9. The van der Waals surface area contributed by atoms with Crippen LogP contribution in [0.25, 0.3) is 0 Å². The van der Waals surface area contributed by atoms with Gasteiger partial charge in [-0.15, -0.1) is 0 Å². The van der Waals surface area contributed by atoms with Crippen LogP contribution in [0.2, 0.25) is 0 Å². The Morgan fingerprint density at radius 3 is 1.19 bits per heavy atom. The molecule has 0 aliphatic heterocycles. The maximum atomic E-state index is 14.1. The second kappa shape index (κ2) is 25.5. The van der Waals surface area contributed by atoms with Crippen LogP contribution in [0.1, 0.15) is 74.9 Å². The minimum absolute atomic E-state index is 0.00726. The predicted octanol–water partition coefficient (Wildman–Crippen LogP) is -2.89. The van der Waals surface area contributed by atoms with Gasteiger partial charge in [-0.25, -0.2) is 19.7 Å². The summed E-state index contributed by atoms with van der Waals surface area (Å²) in [4.78, 5) is 101. The number of nitrogens with one attached hydrogen (secondary N) is 8. The Morgan fingerprint density at radius 2 is 0.828 bits per heavy atom. The van der Waals surface area contributed by atoms with Crippen molar-refractivity contribution in [2.45, 2.75) is 113 Å². The van der Waals surface area contributed by atoms with Crippen LogP contribution in [-0.2, 0) is 48.0 Å². The van der Waals surface area contributed by atoms with E-state index in [0.717, 1.165) is 0 Å². The lowest BCUT2D eigenvalue weighted by Gasteiger charge is -2.27. The van der Waals surface area contributed by atoms with Crippen molar-refractivity contribution in [3.63, 3.8) is 0 Å². The molecule has 320 valence electrons. The third-order valence-electron chi connectivity index (χ3n) is 9.28. The van der Waals surface area contributed by atoms with Crippen LogP contribution in [0.4, 0.5) is 0 Å². The van der Waals surface area contributed by atoms with Gasteiger partial charge in [0, 0.05) is 54.9 Å². The number of carboxylic acid groups (broad SMARTS) is 1. The number of H-pyrrole nitrogens is 3. The van der Waals surface area contributed by atoms with Crippen LogP contribution in [-0.4, -0.2) is 126 Å². The average molecular weight is 814 g/mol. The van der Waals surface area contributed by atoms with Crippen LogP contribution in [0.15, 0.2) is 37.6 Å². The van der Waals surface area contributed by atoms with Crippen molar-refractivity contribution in [2.24, 2.45) is 22.9 Å². The number of imidazole rings is 3. The Hall–Kier alpha value is -5.71. The normalized spacial score (nSPS) is 14.3. The number of carboxylic acids is 1. The number of amides is 5. The number of aliphatic carboxylic acids is 1. The lowest BCUT2D eigenvalue weighted by atomic mass is 10.0. The van der Waals surface area contributed by atoms with E-state index in [1.807, 2.05) is 0 Å². The molecular weight excluding hydrogens is 754 g/mol. The molecule has 0 spiro atoms. The highest BCUT2D eigenvalue weighted by Crippen LogP contribution is 2.10. The monoisotopic (exact) mass is 813 g/mol. The zero-order chi connectivity index (χ0) is 42.3. The van der Waals surface area contributed by atoms with Gasteiger partial charge in [-0.2, -0.15) is 0 Å². The first kappa shape index (κ1) is 46.7. The molecule has 6 atom stereocenters. The van der Waals surface area contributed by atoms with Crippen molar-refractivity contribution in [2.75, 3.05) is 19.6 Å². The van der Waals surface area contributed by atoms with Gasteiger partial charge in [-0.3, -0.25) is 24.0 Å². The maximum Gasteiger partial charge on any atom is 0.326 e. The van der Waals surface area contributed by atoms with E-state index in [1.54, 1.807) is 0 Å². The fourth-order valence-corrected chi connectivity index (χ4v) is 6.00. The zero-order valence-electron chi connectivity index (χ0n) is 32.6. The first-order valence-electron chi connectivity index (χ1n) is 19.5. The summed E-state index contributed by atoms with van der Waals surface area (Å²) in [6, 6.07) is -7.07. The lowest BCUT2D eigenvalue weighted by molar-refractivity contribution is -0.142. The highest BCUT2D eigenvalue weighted by molar-refractivity contribution is 5.96. The number of carbonyl (C=O) groups excluding carboxylic acids is 5. The van der Waals surface area contributed by atoms with Gasteiger partial charge >= 0.3 is 5.97 Å². The van der Waals surface area contributed by atoms with E-state index in [0.29, 0.717) is 81.7 Å². The van der Waals surface area contributed by atoms with Gasteiger partial charge in [-0.1, -0.05) is 6.42 Å². The molecule has 0 radical (unpaired) electrons. The third-order valence-corrected chi connectivity index (χ3v) is 9.28. The van der Waals surface area contributed by atoms with Gasteiger partial charge in [0.05, 0.1) is 25.0 Å². The number of rotatable bonds is 29. The molecule has 0 saturated carbocycles. The summed E-state index contributed by atoms with van der Waals surface area (Å²) in [6.45, 7) is 1.10. The Morgan fingerprint density at radius 1 is 0.500 bits per heavy atom. The van der Waals surface area contributed by atoms with Gasteiger partial charge in [0.15, 0.2) is 0 Å². The fourth-order valence-electron chi connectivity index (χ4n) is 6.00. The van der Waals surface area contributed by atoms with Crippen LogP contribution in [0.3, 0.4) is 0 Å². The van der Waals surface area contributed by atoms with Crippen LogP contribution in [0.5, 0.6) is 0 Å². The van der Waals surface area contributed by atoms with E-state index in [2.05, 4.69) is 56.5 Å². The fraction of sp³-hybridized carbons (Fsp3) is 0.583. The molecular formula is C36H59N15O7. The highest BCUT2D eigenvalue weighted by atomic mass is 16.4. The summed E-state index contributed by atoms with van der Waals surface area (Å²) in [6.07, 6.45) is 12.3. The Balaban J connectivity index is 1.83. The summed E-state index contributed by atoms with van der Waals surface area (Å²) in [5.74, 6) is -4.75. The van der Waals surface area contributed by atoms with E-state index in [1.165, 1.54) is 37.6 Å². The Bertz CT molecular complexity index is 1670. The number of nitrogens with zero attached hydrogens (tertiary/aromatic N) is 3. The van der Waals surface area contributed by atoms with Gasteiger partial charge in [0.1, 0.15) is 30.2 Å². The molecule has 17 N–H and O–H groups in total. The quantitative estimate of drug-likeness (QED) is 0.0313. The minimum atomic E-state index is -1.34. The Kier molecular flexibility index (Phi) is 20.5. The van der Waals surface area contributed by atoms with Crippen molar-refractivity contribution in [1.82, 2.24) is 56.5 Å². The molecule has 3 aromatic heterocycles. The van der Waals surface area contributed by atoms with Crippen LogP contribution < -0.4 is 49.5 Å². The van der Waals surface area contributed by atoms with E-state index in [4.69, 9.17) is 22.9 Å². The second-order valence-electron chi connectivity index (χ2n) is 13.9. The maximum absolute atomic E-state index is 14.1. The van der Waals surface area contributed by atoms with E-state index < -0.39 is 71.8 Å². The molecule has 0 aromatic carbocycles. The molecule has 0 fully saturated rings. The number of nitrogens with two attached hydrogens (primary N) is 4. The molecule has 0 aliphatic rings. The predicted molar refractivity (Wildman–Crippen MR) is 211 cm³/mol. The van der Waals surface area contributed by atoms with Crippen LogP contribution >= 0.6 is 0 Å². The topological polar surface area (TPSA) is 373 Å². The molecule has 0 saturated heterocycles. The summed E-state index contributed by atoms with van der Waals surface area (Å²) >= 11 is 0. The minimum Gasteiger partial charge on any atom is -0.480 e. The van der Waals surface area contributed by atoms with E-state index >= 15 is 0 Å². The molecule has 58 heavy (non-hydrogen) atoms. The van der Waals surface area contributed by atoms with Gasteiger partial charge < -0.3 is 69.6 Å². The molecule has 0 aliphatic carbocycles. The first-order chi connectivity index (χ1) is 27.9. The van der Waals surface area contributed by atoms with Gasteiger partial charge in [-0.05, 0) is 71.0 Å². The van der Waals surface area contributed by atoms with Crippen molar-refractivity contribution in [3.05, 3.63) is 54.7 Å². The standard InChI is InChI=1S/C36H59N15O7/c37-10-4-1-7-25(40)31(52)49-28(13-22-16-41-19-44-22)34(55)47-26(8-2-5-11-38)32(53)50-29(14-23-17-42-20-45-23)35(56)48-27(9-3-6-12-39)33(54)51-30(36(57)58)15-24-18-43-21-46-24/h16-21,25-30H,1-15,37-40H2,(H,41,44)(H,42,45)(H,43,46)(H,47,55)(H,48,56)(H,49,52)(H,50,53)(H,51,54)(H,57,58). The number of hydrogen-bond donors (Lipinski definition) is 13. The average Bonchev–Trinajstić information content (AvgIpc) is 4.02. The van der Waals surface area contributed by atoms with Crippen LogP contribution in [0, 0.1) is 0 Å². The molecule has 6 unspecified atom stereocenters. The van der Waals surface area contributed by atoms with E-state index in [9.17, 15) is 33.9 Å². The van der Waals surface area contributed by atoms with Crippen molar-refractivity contribution >= 4 is 35.5 Å². The first-order valence-corrected chi connectivity index (χ1v) is 19.5. The Labute approximate surface area is 336 Å². The summed E-state index contributed by atoms with van der Waals surface area (Å²) < 4.78 is 0. The summed E-state index contributed by atoms with van der Waals surface area (Å²) in [7, 11) is 0. The number of carbonyl (C=O) groups is 6. The molecule has 3 heterocycles.